The van der Waals surface area contributed by atoms with Gasteiger partial charge in [-0.1, -0.05) is 58.8 Å². The number of rotatable bonds is 11. The molecule has 0 saturated carbocycles. The standard InChI is InChI=1S/C18H18N11O5P/c19-13(9-11-5-1-3-7-15(11)24-26-21)17(30)33-35(32,29-28-23)34-18(31)14(20)10-12-6-2-4-8-16(12)25-27-22/h1-8,13-14H,9-10,19-20H2. The molecule has 2 atom stereocenters. The highest BCUT2D eigenvalue weighted by atomic mass is 31.2. The largest absolute Gasteiger partial charge is 0.529 e. The zero-order valence-electron chi connectivity index (χ0n) is 17.9. The molecule has 2 aromatic carbocycles. The van der Waals surface area contributed by atoms with E-state index in [1.54, 1.807) is 24.3 Å². The first kappa shape index (κ1) is 26.7. The minimum Gasteiger partial charge on any atom is -0.377 e. The van der Waals surface area contributed by atoms with Crippen LogP contribution < -0.4 is 11.5 Å². The Balaban J connectivity index is 2.12. The van der Waals surface area contributed by atoms with Crippen molar-refractivity contribution in [1.82, 2.24) is 0 Å². The van der Waals surface area contributed by atoms with Gasteiger partial charge in [0.15, 0.2) is 0 Å². The minimum atomic E-state index is -5.01. The van der Waals surface area contributed by atoms with Gasteiger partial charge in [-0.15, -0.1) is 0 Å². The third-order valence-corrected chi connectivity index (χ3v) is 5.45. The molecule has 2 rings (SSSR count). The van der Waals surface area contributed by atoms with Gasteiger partial charge in [0, 0.05) is 31.0 Å². The molecule has 0 saturated heterocycles. The number of carbonyl (C=O) groups is 2. The third kappa shape index (κ3) is 7.77. The summed E-state index contributed by atoms with van der Waals surface area (Å²) in [5, 5.41) is 6.95. The molecule has 0 aliphatic heterocycles. The first-order chi connectivity index (χ1) is 16.7. The van der Waals surface area contributed by atoms with E-state index in [1.807, 2.05) is 0 Å². The average molecular weight is 499 g/mol. The topological polar surface area (TPSA) is 268 Å². The van der Waals surface area contributed by atoms with E-state index in [0.717, 1.165) is 0 Å². The van der Waals surface area contributed by atoms with Gasteiger partial charge in [0.2, 0.25) is 0 Å². The number of nitrogens with zero attached hydrogens (tertiary/aromatic N) is 9. The van der Waals surface area contributed by atoms with Gasteiger partial charge in [-0.25, -0.2) is 14.2 Å². The van der Waals surface area contributed by atoms with Crippen LogP contribution in [0.3, 0.4) is 0 Å². The van der Waals surface area contributed by atoms with Crippen LogP contribution in [-0.4, -0.2) is 24.0 Å². The maximum absolute atomic E-state index is 12.7. The number of nitrogens with two attached hydrogens (primary N) is 2. The molecule has 0 aliphatic carbocycles. The van der Waals surface area contributed by atoms with Gasteiger partial charge in [-0.05, 0) is 40.6 Å². The number of azide groups is 3. The van der Waals surface area contributed by atoms with E-state index in [9.17, 15) is 14.2 Å². The van der Waals surface area contributed by atoms with E-state index in [0.29, 0.717) is 11.1 Å². The van der Waals surface area contributed by atoms with Gasteiger partial charge in [0.05, 0.1) is 0 Å². The van der Waals surface area contributed by atoms with Crippen molar-refractivity contribution in [2.75, 3.05) is 0 Å². The summed E-state index contributed by atoms with van der Waals surface area (Å²) < 4.78 is 22.0. The summed E-state index contributed by atoms with van der Waals surface area (Å²) in [6.07, 6.45) is -0.401. The molecule has 0 bridgehead atoms. The lowest BCUT2D eigenvalue weighted by Gasteiger charge is -2.18. The van der Waals surface area contributed by atoms with Crippen molar-refractivity contribution in [1.29, 1.82) is 0 Å². The summed E-state index contributed by atoms with van der Waals surface area (Å²) in [6.45, 7) is 0. The summed E-state index contributed by atoms with van der Waals surface area (Å²) in [7, 11) is -5.01. The Morgan fingerprint density at radius 2 is 1.20 bits per heavy atom. The summed E-state index contributed by atoms with van der Waals surface area (Å²) in [5.41, 5.74) is 38.7. The first-order valence-corrected chi connectivity index (χ1v) is 11.1. The number of carbonyl (C=O) groups excluding carboxylic acids is 2. The Bertz CT molecular complexity index is 1210. The highest BCUT2D eigenvalue weighted by Gasteiger charge is 2.36. The fraction of sp³-hybridized carbons (Fsp3) is 0.222. The van der Waals surface area contributed by atoms with Gasteiger partial charge >= 0.3 is 19.7 Å². The van der Waals surface area contributed by atoms with Crippen LogP contribution in [0.25, 0.3) is 31.3 Å². The van der Waals surface area contributed by atoms with E-state index in [4.69, 9.17) is 28.1 Å². The second-order valence-electron chi connectivity index (χ2n) is 6.73. The molecule has 2 aromatic rings. The number of benzene rings is 2. The van der Waals surface area contributed by atoms with Gasteiger partial charge < -0.3 is 20.5 Å². The molecule has 0 aliphatic rings. The van der Waals surface area contributed by atoms with Crippen LogP contribution in [0.2, 0.25) is 0 Å². The van der Waals surface area contributed by atoms with Crippen LogP contribution in [0.4, 0.5) is 11.4 Å². The van der Waals surface area contributed by atoms with E-state index < -0.39 is 31.8 Å². The maximum atomic E-state index is 12.7. The molecule has 16 nitrogen and oxygen atoms in total. The molecule has 0 heterocycles. The third-order valence-electron chi connectivity index (χ3n) is 4.33. The van der Waals surface area contributed by atoms with Crippen LogP contribution in [-0.2, 0) is 36.0 Å². The molecule has 35 heavy (non-hydrogen) atoms. The monoisotopic (exact) mass is 499 g/mol. The van der Waals surface area contributed by atoms with E-state index in [2.05, 4.69) is 38.9 Å². The molecule has 0 aromatic heterocycles. The molecule has 0 amide bonds. The molecular formula is C18H18N11O5P. The first-order valence-electron chi connectivity index (χ1n) is 9.63. The lowest BCUT2D eigenvalue weighted by atomic mass is 10.1. The van der Waals surface area contributed by atoms with Gasteiger partial charge in [-0.3, -0.25) is 0 Å². The fourth-order valence-corrected chi connectivity index (χ4v) is 3.70. The number of hydrogen-bond acceptors (Lipinski definition) is 9. The van der Waals surface area contributed by atoms with Gasteiger partial charge in [-0.2, -0.15) is 0 Å². The predicted octanol–water partition coefficient (Wildman–Crippen LogP) is 4.51. The maximum Gasteiger partial charge on any atom is 0.529 e. The molecule has 4 N–H and O–H groups in total. The second kappa shape index (κ2) is 12.6. The quantitative estimate of drug-likeness (QED) is 0.193. The smallest absolute Gasteiger partial charge is 0.377 e. The summed E-state index contributed by atoms with van der Waals surface area (Å²) in [5.74, 6) is -2.63. The van der Waals surface area contributed by atoms with Crippen molar-refractivity contribution in [2.24, 2.45) is 26.6 Å². The van der Waals surface area contributed by atoms with Crippen LogP contribution in [0, 0.1) is 0 Å². The zero-order chi connectivity index (χ0) is 25.8. The Hall–Kier alpha value is -4.54. The summed E-state index contributed by atoms with van der Waals surface area (Å²) >= 11 is 0. The van der Waals surface area contributed by atoms with Crippen LogP contribution in [0.1, 0.15) is 11.1 Å². The fourth-order valence-electron chi connectivity index (χ4n) is 2.77. The van der Waals surface area contributed by atoms with Crippen molar-refractivity contribution in [3.8, 4) is 0 Å². The van der Waals surface area contributed by atoms with Crippen molar-refractivity contribution in [3.63, 3.8) is 0 Å². The Morgan fingerprint density at radius 1 is 0.800 bits per heavy atom. The Morgan fingerprint density at radius 3 is 1.57 bits per heavy atom. The average Bonchev–Trinajstić information content (AvgIpc) is 2.81. The normalized spacial score (nSPS) is 13.4. The molecule has 2 unspecified atom stereocenters. The van der Waals surface area contributed by atoms with Crippen molar-refractivity contribution in [3.05, 3.63) is 91.0 Å². The molecular weight excluding hydrogens is 481 g/mol. The van der Waals surface area contributed by atoms with E-state index >= 15 is 0 Å². The van der Waals surface area contributed by atoms with Crippen LogP contribution >= 0.6 is 7.75 Å². The highest BCUT2D eigenvalue weighted by Crippen LogP contribution is 2.51. The molecule has 180 valence electrons. The lowest BCUT2D eigenvalue weighted by Crippen LogP contribution is -2.36. The lowest BCUT2D eigenvalue weighted by molar-refractivity contribution is -0.140. The Kier molecular flexibility index (Phi) is 9.64. The molecule has 0 spiro atoms. The Labute approximate surface area is 197 Å². The van der Waals surface area contributed by atoms with Crippen LogP contribution in [0.15, 0.2) is 63.6 Å². The molecule has 0 fully saturated rings. The highest BCUT2D eigenvalue weighted by molar-refractivity contribution is 7.53. The van der Waals surface area contributed by atoms with Crippen molar-refractivity contribution in [2.45, 2.75) is 24.9 Å². The van der Waals surface area contributed by atoms with Gasteiger partial charge in [0.1, 0.15) is 12.1 Å². The molecule has 17 heteroatoms. The summed E-state index contributed by atoms with van der Waals surface area (Å²) in [4.78, 5) is 35.2. The van der Waals surface area contributed by atoms with E-state index in [1.165, 1.54) is 24.3 Å². The van der Waals surface area contributed by atoms with Crippen LogP contribution in [0.5, 0.6) is 0 Å². The van der Waals surface area contributed by atoms with Crippen molar-refractivity contribution >= 4 is 31.1 Å². The summed E-state index contributed by atoms with van der Waals surface area (Å²) in [6, 6.07) is 9.57. The second-order valence-corrected chi connectivity index (χ2v) is 8.21. The van der Waals surface area contributed by atoms with E-state index in [-0.39, 0.29) is 24.2 Å². The zero-order valence-corrected chi connectivity index (χ0v) is 18.8. The number of hydrogen-bond donors (Lipinski definition) is 2. The van der Waals surface area contributed by atoms with Gasteiger partial charge in [0.25, 0.3) is 0 Å². The predicted molar refractivity (Wildman–Crippen MR) is 123 cm³/mol. The molecule has 0 radical (unpaired) electrons. The minimum absolute atomic E-state index is 0.200. The SMILES string of the molecule is [N-]=[N+]=Nc1ccccc1CC(N)C(=O)OP(=O)(N=[N+]=[N-])OC(=O)C(N)Cc1ccccc1N=[N+]=[N-]. The van der Waals surface area contributed by atoms with Crippen molar-refractivity contribution < 1.29 is 23.2 Å².